The number of hydrazone groups is 1. The maximum atomic E-state index is 4.80. The number of nitrogens with one attached hydrogen (secondary N) is 1. The quantitative estimate of drug-likeness (QED) is 0.684. The van der Waals surface area contributed by atoms with Crippen molar-refractivity contribution in [1.82, 2.24) is 5.43 Å². The van der Waals surface area contributed by atoms with Gasteiger partial charge in [-0.1, -0.05) is 73.2 Å². The summed E-state index contributed by atoms with van der Waals surface area (Å²) in [5.74, 6) is 0.459. The van der Waals surface area contributed by atoms with E-state index in [9.17, 15) is 0 Å². The van der Waals surface area contributed by atoms with E-state index in [-0.39, 0.29) is 6.04 Å². The first-order chi connectivity index (χ1) is 12.4. The van der Waals surface area contributed by atoms with Crippen molar-refractivity contribution in [2.45, 2.75) is 50.5 Å². The smallest absolute Gasteiger partial charge is 0.0698 e. The number of rotatable bonds is 5. The summed E-state index contributed by atoms with van der Waals surface area (Å²) in [5.41, 5.74) is 8.98. The van der Waals surface area contributed by atoms with E-state index in [0.29, 0.717) is 5.92 Å². The molecule has 0 spiro atoms. The minimum absolute atomic E-state index is 0.247. The third-order valence-electron chi connectivity index (χ3n) is 5.40. The number of fused-ring (bicyclic) bond motifs is 1. The average molecular weight is 330 g/mol. The molecule has 128 valence electrons. The highest BCUT2D eigenvalue weighted by Crippen LogP contribution is 2.36. The van der Waals surface area contributed by atoms with Crippen molar-refractivity contribution in [2.75, 3.05) is 0 Å². The first-order valence-electron chi connectivity index (χ1n) is 9.53. The minimum Gasteiger partial charge on any atom is -0.303 e. The van der Waals surface area contributed by atoms with E-state index >= 15 is 0 Å². The highest BCUT2D eigenvalue weighted by Gasteiger charge is 2.22. The van der Waals surface area contributed by atoms with Crippen LogP contribution in [0.15, 0.2) is 65.8 Å². The summed E-state index contributed by atoms with van der Waals surface area (Å²) in [7, 11) is 0. The van der Waals surface area contributed by atoms with Crippen molar-refractivity contribution >= 4 is 11.8 Å². The molecule has 2 nitrogen and oxygen atoms in total. The van der Waals surface area contributed by atoms with Crippen molar-refractivity contribution in [3.05, 3.63) is 77.4 Å². The third-order valence-corrected chi connectivity index (χ3v) is 5.40. The predicted octanol–water partition coefficient (Wildman–Crippen LogP) is 5.84. The molecule has 1 N–H and O–H groups in total. The Morgan fingerprint density at radius 2 is 1.68 bits per heavy atom. The Morgan fingerprint density at radius 3 is 2.52 bits per heavy atom. The number of benzene rings is 2. The molecule has 2 aromatic carbocycles. The van der Waals surface area contributed by atoms with Crippen LogP contribution in [0.1, 0.15) is 67.2 Å². The Labute approximate surface area is 150 Å². The van der Waals surface area contributed by atoms with Gasteiger partial charge < -0.3 is 5.43 Å². The molecule has 0 aliphatic heterocycles. The van der Waals surface area contributed by atoms with Crippen LogP contribution in [0.25, 0.3) is 6.08 Å². The molecule has 0 heterocycles. The molecule has 2 heteroatoms. The van der Waals surface area contributed by atoms with Crippen LogP contribution in [0.4, 0.5) is 0 Å². The summed E-state index contributed by atoms with van der Waals surface area (Å²) in [5, 5.41) is 4.80. The SMILES string of the molecule is C1=CC(CC(NN=C2CCCCC2)c2ccccc2)c2ccccc21. The molecule has 1 saturated carbocycles. The normalized spacial score (nSPS) is 20.2. The van der Waals surface area contributed by atoms with E-state index in [1.54, 1.807) is 0 Å². The maximum Gasteiger partial charge on any atom is 0.0698 e. The molecular formula is C23H26N2. The van der Waals surface area contributed by atoms with Crippen LogP contribution in [0.5, 0.6) is 0 Å². The van der Waals surface area contributed by atoms with Crippen molar-refractivity contribution in [2.24, 2.45) is 5.10 Å². The molecule has 0 radical (unpaired) electrons. The van der Waals surface area contributed by atoms with Crippen molar-refractivity contribution in [1.29, 1.82) is 0 Å². The molecule has 2 aliphatic rings. The zero-order chi connectivity index (χ0) is 16.9. The first kappa shape index (κ1) is 16.1. The monoisotopic (exact) mass is 330 g/mol. The van der Waals surface area contributed by atoms with Crippen LogP contribution in [0.2, 0.25) is 0 Å². The highest BCUT2D eigenvalue weighted by atomic mass is 15.3. The van der Waals surface area contributed by atoms with Crippen LogP contribution < -0.4 is 5.43 Å². The minimum atomic E-state index is 0.247. The molecule has 2 aromatic rings. The highest BCUT2D eigenvalue weighted by molar-refractivity contribution is 5.84. The fourth-order valence-corrected chi connectivity index (χ4v) is 3.97. The second kappa shape index (κ2) is 7.69. The fraction of sp³-hybridized carbons (Fsp3) is 0.348. The van der Waals surface area contributed by atoms with Gasteiger partial charge in [-0.15, -0.1) is 0 Å². The predicted molar refractivity (Wildman–Crippen MR) is 106 cm³/mol. The van der Waals surface area contributed by atoms with Crippen molar-refractivity contribution in [3.63, 3.8) is 0 Å². The Bertz CT molecular complexity index is 753. The topological polar surface area (TPSA) is 24.4 Å². The summed E-state index contributed by atoms with van der Waals surface area (Å²) >= 11 is 0. The van der Waals surface area contributed by atoms with Gasteiger partial charge >= 0.3 is 0 Å². The Hall–Kier alpha value is -2.35. The molecule has 4 rings (SSSR count). The molecule has 0 aromatic heterocycles. The second-order valence-electron chi connectivity index (χ2n) is 7.16. The first-order valence-corrected chi connectivity index (χ1v) is 9.53. The van der Waals surface area contributed by atoms with Gasteiger partial charge in [-0.3, -0.25) is 0 Å². The van der Waals surface area contributed by atoms with Crippen LogP contribution in [-0.4, -0.2) is 5.71 Å². The Morgan fingerprint density at radius 1 is 0.920 bits per heavy atom. The lowest BCUT2D eigenvalue weighted by atomic mass is 9.91. The van der Waals surface area contributed by atoms with E-state index in [1.807, 2.05) is 0 Å². The summed E-state index contributed by atoms with van der Waals surface area (Å²) < 4.78 is 0. The molecular weight excluding hydrogens is 304 g/mol. The van der Waals surface area contributed by atoms with Crippen molar-refractivity contribution in [3.8, 4) is 0 Å². The number of hydrogen-bond donors (Lipinski definition) is 1. The van der Waals surface area contributed by atoms with Gasteiger partial charge in [0.2, 0.25) is 0 Å². The second-order valence-corrected chi connectivity index (χ2v) is 7.16. The van der Waals surface area contributed by atoms with Crippen molar-refractivity contribution < 1.29 is 0 Å². The van der Waals surface area contributed by atoms with E-state index in [0.717, 1.165) is 19.3 Å². The molecule has 0 bridgehead atoms. The van der Waals surface area contributed by atoms with E-state index in [1.165, 1.54) is 41.7 Å². The zero-order valence-corrected chi connectivity index (χ0v) is 14.7. The molecule has 2 unspecified atom stereocenters. The summed E-state index contributed by atoms with van der Waals surface area (Å²) in [4.78, 5) is 0. The summed E-state index contributed by atoms with van der Waals surface area (Å²) in [6.45, 7) is 0. The Kier molecular flexibility index (Phi) is 4.96. The average Bonchev–Trinajstić information content (AvgIpc) is 3.09. The van der Waals surface area contributed by atoms with E-state index in [2.05, 4.69) is 72.2 Å². The van der Waals surface area contributed by atoms with Gasteiger partial charge in [-0.05, 0) is 48.8 Å². The van der Waals surface area contributed by atoms with Gasteiger partial charge in [0.05, 0.1) is 6.04 Å². The van der Waals surface area contributed by atoms with Crippen LogP contribution in [-0.2, 0) is 0 Å². The maximum absolute atomic E-state index is 4.80. The van der Waals surface area contributed by atoms with Gasteiger partial charge in [0.1, 0.15) is 0 Å². The lowest BCUT2D eigenvalue weighted by molar-refractivity contribution is 0.494. The van der Waals surface area contributed by atoms with Gasteiger partial charge in [0.25, 0.3) is 0 Å². The molecule has 0 saturated heterocycles. The van der Waals surface area contributed by atoms with Gasteiger partial charge in [0, 0.05) is 11.6 Å². The zero-order valence-electron chi connectivity index (χ0n) is 14.7. The lowest BCUT2D eigenvalue weighted by Gasteiger charge is -2.22. The van der Waals surface area contributed by atoms with Gasteiger partial charge in [-0.25, -0.2) is 0 Å². The van der Waals surface area contributed by atoms with E-state index < -0.39 is 0 Å². The fourth-order valence-electron chi connectivity index (χ4n) is 3.97. The molecule has 0 amide bonds. The van der Waals surface area contributed by atoms with Crippen LogP contribution in [0.3, 0.4) is 0 Å². The molecule has 25 heavy (non-hydrogen) atoms. The largest absolute Gasteiger partial charge is 0.303 e. The van der Waals surface area contributed by atoms with Gasteiger partial charge in [-0.2, -0.15) is 5.10 Å². The number of hydrogen-bond acceptors (Lipinski definition) is 2. The van der Waals surface area contributed by atoms with E-state index in [4.69, 9.17) is 5.10 Å². The van der Waals surface area contributed by atoms with Crippen LogP contribution in [0, 0.1) is 0 Å². The molecule has 2 atom stereocenters. The molecule has 1 fully saturated rings. The Balaban J connectivity index is 1.53. The summed E-state index contributed by atoms with van der Waals surface area (Å²) in [6.07, 6.45) is 11.9. The lowest BCUT2D eigenvalue weighted by Crippen LogP contribution is -2.20. The standard InChI is InChI=1S/C23H26N2/c1-3-10-19(11-4-1)23(25-24-21-12-5-2-6-13-21)17-20-16-15-18-9-7-8-14-22(18)20/h1,3-4,7-11,14-16,20,23,25H,2,5-6,12-13,17H2. The number of allylic oxidation sites excluding steroid dienone is 1. The summed E-state index contributed by atoms with van der Waals surface area (Å²) in [6, 6.07) is 19.7. The number of nitrogens with zero attached hydrogens (tertiary/aromatic N) is 1. The van der Waals surface area contributed by atoms with Gasteiger partial charge in [0.15, 0.2) is 0 Å². The molecule has 2 aliphatic carbocycles. The third kappa shape index (κ3) is 3.84. The van der Waals surface area contributed by atoms with Crippen LogP contribution >= 0.6 is 0 Å².